The predicted octanol–water partition coefficient (Wildman–Crippen LogP) is 1.54. The molecule has 2 aromatic rings. The Bertz CT molecular complexity index is 752. The van der Waals surface area contributed by atoms with Gasteiger partial charge in [0.05, 0.1) is 21.8 Å². The van der Waals surface area contributed by atoms with Crippen molar-refractivity contribution >= 4 is 33.4 Å². The first kappa shape index (κ1) is 16.9. The third-order valence-corrected chi connectivity index (χ3v) is 5.30. The monoisotopic (exact) mass is 346 g/mol. The number of hydrogen-bond acceptors (Lipinski definition) is 5. The molecule has 0 radical (unpaired) electrons. The Morgan fingerprint density at radius 2 is 2.29 bits per heavy atom. The number of fused-ring (bicyclic) bond motifs is 1. The molecule has 1 atom stereocenters. The summed E-state index contributed by atoms with van der Waals surface area (Å²) in [6, 6.07) is 5.62. The second kappa shape index (κ2) is 7.27. The summed E-state index contributed by atoms with van der Waals surface area (Å²) in [5, 5.41) is 6.99. The van der Waals surface area contributed by atoms with Crippen LogP contribution < -0.4 is 10.6 Å². The molecule has 1 aromatic carbocycles. The first-order valence-electron chi connectivity index (χ1n) is 8.16. The number of carbonyl (C=O) groups excluding carboxylic acids is 2. The molecule has 1 saturated heterocycles. The molecule has 0 bridgehead atoms. The highest BCUT2D eigenvalue weighted by molar-refractivity contribution is 7.18. The Kier molecular flexibility index (Phi) is 5.11. The molecule has 1 fully saturated rings. The fourth-order valence-electron chi connectivity index (χ4n) is 2.93. The Morgan fingerprint density at radius 3 is 3.04 bits per heavy atom. The van der Waals surface area contributed by atoms with Crippen molar-refractivity contribution in [2.24, 2.45) is 0 Å². The predicted molar refractivity (Wildman–Crippen MR) is 95.4 cm³/mol. The summed E-state index contributed by atoms with van der Waals surface area (Å²) < 4.78 is 0.983. The number of hydrogen-bond donors (Lipinski definition) is 2. The van der Waals surface area contributed by atoms with Crippen molar-refractivity contribution in [2.45, 2.75) is 25.8 Å². The van der Waals surface area contributed by atoms with Gasteiger partial charge in [-0.1, -0.05) is 0 Å². The third-order valence-electron chi connectivity index (χ3n) is 4.37. The fraction of sp³-hybridized carbons (Fsp3) is 0.471. The van der Waals surface area contributed by atoms with Crippen LogP contribution in [-0.2, 0) is 4.79 Å². The zero-order valence-corrected chi connectivity index (χ0v) is 14.8. The number of benzene rings is 1. The van der Waals surface area contributed by atoms with E-state index in [2.05, 4.69) is 15.6 Å². The number of amides is 2. The highest BCUT2D eigenvalue weighted by Crippen LogP contribution is 2.22. The number of nitrogens with one attached hydrogen (secondary N) is 2. The van der Waals surface area contributed by atoms with E-state index in [4.69, 9.17) is 0 Å². The van der Waals surface area contributed by atoms with Gasteiger partial charge in [-0.3, -0.25) is 9.59 Å². The zero-order valence-electron chi connectivity index (χ0n) is 14.0. The molecule has 1 aliphatic rings. The molecule has 128 valence electrons. The van der Waals surface area contributed by atoms with Crippen LogP contribution >= 0.6 is 11.3 Å². The van der Waals surface area contributed by atoms with Crippen LogP contribution in [0.2, 0.25) is 0 Å². The van der Waals surface area contributed by atoms with Crippen LogP contribution in [0.25, 0.3) is 10.2 Å². The topological polar surface area (TPSA) is 74.3 Å². The molecule has 1 aromatic heterocycles. The maximum Gasteiger partial charge on any atom is 0.251 e. The molecule has 0 spiro atoms. The smallest absolute Gasteiger partial charge is 0.251 e. The Morgan fingerprint density at radius 1 is 1.46 bits per heavy atom. The van der Waals surface area contributed by atoms with Crippen molar-refractivity contribution in [3.8, 4) is 0 Å². The van der Waals surface area contributed by atoms with Gasteiger partial charge in [-0.2, -0.15) is 0 Å². The number of aromatic nitrogens is 1. The van der Waals surface area contributed by atoms with Crippen LogP contribution in [0.15, 0.2) is 18.2 Å². The van der Waals surface area contributed by atoms with Gasteiger partial charge in [0, 0.05) is 25.2 Å². The quantitative estimate of drug-likeness (QED) is 0.881. The van der Waals surface area contributed by atoms with E-state index in [1.165, 1.54) is 0 Å². The molecule has 24 heavy (non-hydrogen) atoms. The second-order valence-electron chi connectivity index (χ2n) is 6.10. The maximum absolute atomic E-state index is 12.3. The second-order valence-corrected chi connectivity index (χ2v) is 7.34. The molecule has 3 rings (SSSR count). The average Bonchev–Trinajstić information content (AvgIpc) is 2.98. The van der Waals surface area contributed by atoms with Crippen LogP contribution in [0.1, 0.15) is 28.2 Å². The van der Waals surface area contributed by atoms with Gasteiger partial charge in [-0.05, 0) is 44.5 Å². The third kappa shape index (κ3) is 3.73. The summed E-state index contributed by atoms with van der Waals surface area (Å²) >= 11 is 1.56. The van der Waals surface area contributed by atoms with Crippen LogP contribution in [-0.4, -0.2) is 54.4 Å². The van der Waals surface area contributed by atoms with Crippen molar-refractivity contribution in [2.75, 3.05) is 26.7 Å². The number of thiazole rings is 1. The maximum atomic E-state index is 12.3. The van der Waals surface area contributed by atoms with Crippen LogP contribution in [0, 0.1) is 6.92 Å². The SMILES string of the molecule is Cc1nc2ccc(C(=O)NCC(=O)N(C)C3CCCNC3)cc2s1. The van der Waals surface area contributed by atoms with Gasteiger partial charge in [0.2, 0.25) is 5.91 Å². The van der Waals surface area contributed by atoms with Gasteiger partial charge in [0.1, 0.15) is 0 Å². The fourth-order valence-corrected chi connectivity index (χ4v) is 3.80. The van der Waals surface area contributed by atoms with Crippen LogP contribution in [0.3, 0.4) is 0 Å². The number of piperidine rings is 1. The number of carbonyl (C=O) groups is 2. The van der Waals surface area contributed by atoms with Gasteiger partial charge in [0.15, 0.2) is 0 Å². The van der Waals surface area contributed by atoms with Gasteiger partial charge in [-0.25, -0.2) is 4.98 Å². The molecular weight excluding hydrogens is 324 g/mol. The molecule has 2 amide bonds. The molecule has 1 aliphatic heterocycles. The highest BCUT2D eigenvalue weighted by Gasteiger charge is 2.22. The summed E-state index contributed by atoms with van der Waals surface area (Å²) in [5.41, 5.74) is 1.45. The Labute approximate surface area is 145 Å². The minimum atomic E-state index is -0.230. The van der Waals surface area contributed by atoms with Crippen LogP contribution in [0.5, 0.6) is 0 Å². The lowest BCUT2D eigenvalue weighted by molar-refractivity contribution is -0.131. The van der Waals surface area contributed by atoms with E-state index in [1.54, 1.807) is 29.4 Å². The summed E-state index contributed by atoms with van der Waals surface area (Å²) in [6.45, 7) is 3.79. The van der Waals surface area contributed by atoms with Crippen LogP contribution in [0.4, 0.5) is 0 Å². The molecule has 6 nitrogen and oxygen atoms in total. The lowest BCUT2D eigenvalue weighted by Gasteiger charge is -2.31. The van der Waals surface area contributed by atoms with Crippen molar-refractivity contribution in [3.05, 3.63) is 28.8 Å². The minimum absolute atomic E-state index is 0.0194. The standard InChI is InChI=1S/C17H22N4O2S/c1-11-20-14-6-5-12(8-15(14)24-11)17(23)19-10-16(22)21(2)13-4-3-7-18-9-13/h5-6,8,13,18H,3-4,7,9-10H2,1-2H3,(H,19,23). The molecule has 0 saturated carbocycles. The first-order chi connectivity index (χ1) is 11.5. The molecule has 2 N–H and O–H groups in total. The normalized spacial score (nSPS) is 17.7. The average molecular weight is 346 g/mol. The van der Waals surface area contributed by atoms with E-state index in [9.17, 15) is 9.59 Å². The van der Waals surface area contributed by atoms with Gasteiger partial charge in [-0.15, -0.1) is 11.3 Å². The number of nitrogens with zero attached hydrogens (tertiary/aromatic N) is 2. The van der Waals surface area contributed by atoms with Crippen molar-refractivity contribution in [1.82, 2.24) is 20.5 Å². The van der Waals surface area contributed by atoms with Gasteiger partial charge >= 0.3 is 0 Å². The minimum Gasteiger partial charge on any atom is -0.343 e. The van der Waals surface area contributed by atoms with E-state index in [0.717, 1.165) is 41.2 Å². The van der Waals surface area contributed by atoms with Crippen molar-refractivity contribution in [3.63, 3.8) is 0 Å². The highest BCUT2D eigenvalue weighted by atomic mass is 32.1. The number of rotatable bonds is 4. The lowest BCUT2D eigenvalue weighted by Crippen LogP contribution is -2.49. The molecule has 0 aliphatic carbocycles. The molecule has 2 heterocycles. The van der Waals surface area contributed by atoms with E-state index in [-0.39, 0.29) is 24.4 Å². The molecular formula is C17H22N4O2S. The van der Waals surface area contributed by atoms with E-state index >= 15 is 0 Å². The van der Waals surface area contributed by atoms with E-state index in [0.29, 0.717) is 5.56 Å². The molecule has 1 unspecified atom stereocenters. The van der Waals surface area contributed by atoms with Crippen molar-refractivity contribution in [1.29, 1.82) is 0 Å². The molecule has 7 heteroatoms. The van der Waals surface area contributed by atoms with E-state index < -0.39 is 0 Å². The number of aryl methyl sites for hydroxylation is 1. The lowest BCUT2D eigenvalue weighted by atomic mass is 10.1. The first-order valence-corrected chi connectivity index (χ1v) is 8.98. The number of likely N-dealkylation sites (N-methyl/N-ethyl adjacent to an activating group) is 1. The van der Waals surface area contributed by atoms with E-state index in [1.807, 2.05) is 19.1 Å². The summed E-state index contributed by atoms with van der Waals surface area (Å²) in [4.78, 5) is 30.7. The van der Waals surface area contributed by atoms with Crippen molar-refractivity contribution < 1.29 is 9.59 Å². The summed E-state index contributed by atoms with van der Waals surface area (Å²) in [7, 11) is 1.80. The van der Waals surface area contributed by atoms with Gasteiger partial charge in [0.25, 0.3) is 5.91 Å². The largest absolute Gasteiger partial charge is 0.343 e. The van der Waals surface area contributed by atoms with Gasteiger partial charge < -0.3 is 15.5 Å². The Balaban J connectivity index is 1.58. The summed E-state index contributed by atoms with van der Waals surface area (Å²) in [6.07, 6.45) is 2.08. The Hall–Kier alpha value is -1.99. The summed E-state index contributed by atoms with van der Waals surface area (Å²) in [5.74, 6) is -0.293. The zero-order chi connectivity index (χ0) is 17.1.